The molecule has 0 saturated carbocycles. The van der Waals surface area contributed by atoms with Gasteiger partial charge in [0.05, 0.1) is 21.8 Å². The SMILES string of the molecule is CCOC(=O)COc1c(Cl)cc(/C=C2\C(=O)NC(=S)N(c3ccccc3F)C2=O)cc1Br. The van der Waals surface area contributed by atoms with Crippen LogP contribution in [0.3, 0.4) is 0 Å². The van der Waals surface area contributed by atoms with Crippen LogP contribution >= 0.6 is 39.7 Å². The van der Waals surface area contributed by atoms with Crippen molar-refractivity contribution in [2.75, 3.05) is 18.1 Å². The number of thiocarbonyl (C=S) groups is 1. The summed E-state index contributed by atoms with van der Waals surface area (Å²) in [6.07, 6.45) is 1.29. The van der Waals surface area contributed by atoms with Crippen molar-refractivity contribution in [3.63, 3.8) is 0 Å². The van der Waals surface area contributed by atoms with Crippen molar-refractivity contribution in [1.82, 2.24) is 5.32 Å². The van der Waals surface area contributed by atoms with Crippen LogP contribution < -0.4 is 15.0 Å². The first-order valence-electron chi connectivity index (χ1n) is 9.16. The van der Waals surface area contributed by atoms with Gasteiger partial charge in [-0.3, -0.25) is 14.9 Å². The van der Waals surface area contributed by atoms with Crippen LogP contribution in [0, 0.1) is 5.82 Å². The van der Waals surface area contributed by atoms with Crippen molar-refractivity contribution in [1.29, 1.82) is 0 Å². The van der Waals surface area contributed by atoms with Gasteiger partial charge in [0.2, 0.25) is 0 Å². The molecular weight excluding hydrogens is 527 g/mol. The fraction of sp³-hybridized carbons (Fsp3) is 0.143. The molecular formula is C21H15BrClFN2O5S. The molecule has 1 aliphatic rings. The second-order valence-electron chi connectivity index (χ2n) is 6.32. The van der Waals surface area contributed by atoms with E-state index in [4.69, 9.17) is 33.3 Å². The summed E-state index contributed by atoms with van der Waals surface area (Å²) in [5, 5.41) is 2.28. The Balaban J connectivity index is 1.92. The normalized spacial score (nSPS) is 15.1. The Labute approximate surface area is 201 Å². The molecule has 11 heteroatoms. The van der Waals surface area contributed by atoms with E-state index in [9.17, 15) is 18.8 Å². The van der Waals surface area contributed by atoms with E-state index in [2.05, 4.69) is 21.2 Å². The van der Waals surface area contributed by atoms with Crippen LogP contribution in [0.25, 0.3) is 6.08 Å². The number of carbonyl (C=O) groups excluding carboxylic acids is 3. The number of carbonyl (C=O) groups is 3. The molecule has 166 valence electrons. The highest BCUT2D eigenvalue weighted by molar-refractivity contribution is 9.10. The highest BCUT2D eigenvalue weighted by atomic mass is 79.9. The molecule has 0 aromatic heterocycles. The van der Waals surface area contributed by atoms with Crippen molar-refractivity contribution < 1.29 is 28.2 Å². The first-order valence-corrected chi connectivity index (χ1v) is 10.7. The summed E-state index contributed by atoms with van der Waals surface area (Å²) in [5.74, 6) is -2.57. The fourth-order valence-electron chi connectivity index (χ4n) is 2.81. The molecule has 0 unspecified atom stereocenters. The summed E-state index contributed by atoms with van der Waals surface area (Å²) < 4.78 is 24.8. The molecule has 2 aromatic rings. The van der Waals surface area contributed by atoms with E-state index in [1.54, 1.807) is 19.1 Å². The maximum Gasteiger partial charge on any atom is 0.344 e. The maximum absolute atomic E-state index is 14.2. The molecule has 1 heterocycles. The van der Waals surface area contributed by atoms with Gasteiger partial charge in [-0.2, -0.15) is 0 Å². The molecule has 0 radical (unpaired) electrons. The van der Waals surface area contributed by atoms with Gasteiger partial charge >= 0.3 is 5.97 Å². The summed E-state index contributed by atoms with van der Waals surface area (Å²) >= 11 is 14.6. The van der Waals surface area contributed by atoms with E-state index in [0.717, 1.165) is 4.90 Å². The summed E-state index contributed by atoms with van der Waals surface area (Å²) in [5.41, 5.74) is 0.0190. The van der Waals surface area contributed by atoms with Gasteiger partial charge in [0.25, 0.3) is 11.8 Å². The Bertz CT molecular complexity index is 1130. The van der Waals surface area contributed by atoms with Crippen LogP contribution in [0.4, 0.5) is 10.1 Å². The molecule has 0 atom stereocenters. The van der Waals surface area contributed by atoms with E-state index >= 15 is 0 Å². The Morgan fingerprint density at radius 1 is 1.31 bits per heavy atom. The average molecular weight is 542 g/mol. The van der Waals surface area contributed by atoms with Crippen LogP contribution in [-0.2, 0) is 19.1 Å². The predicted octanol–water partition coefficient (Wildman–Crippen LogP) is 4.01. The minimum absolute atomic E-state index is 0.0877. The molecule has 0 bridgehead atoms. The van der Waals surface area contributed by atoms with E-state index in [-0.39, 0.29) is 40.4 Å². The summed E-state index contributed by atoms with van der Waals surface area (Å²) in [7, 11) is 0. The van der Waals surface area contributed by atoms with E-state index in [1.165, 1.54) is 30.3 Å². The monoisotopic (exact) mass is 540 g/mol. The second-order valence-corrected chi connectivity index (χ2v) is 7.96. The number of nitrogens with zero attached hydrogens (tertiary/aromatic N) is 1. The average Bonchev–Trinajstić information content (AvgIpc) is 2.72. The number of hydrogen-bond donors (Lipinski definition) is 1. The number of halogens is 3. The minimum atomic E-state index is -0.793. The molecule has 0 aliphatic carbocycles. The van der Waals surface area contributed by atoms with Gasteiger partial charge < -0.3 is 9.47 Å². The Hall–Kier alpha value is -2.82. The van der Waals surface area contributed by atoms with Crippen molar-refractivity contribution in [3.05, 3.63) is 62.8 Å². The zero-order valence-corrected chi connectivity index (χ0v) is 19.6. The molecule has 7 nitrogen and oxygen atoms in total. The first-order chi connectivity index (χ1) is 15.2. The molecule has 3 rings (SSSR count). The molecule has 2 aromatic carbocycles. The van der Waals surface area contributed by atoms with E-state index < -0.39 is 23.6 Å². The third-order valence-corrected chi connectivity index (χ3v) is 5.32. The van der Waals surface area contributed by atoms with E-state index in [0.29, 0.717) is 10.0 Å². The zero-order valence-electron chi connectivity index (χ0n) is 16.5. The number of amides is 2. The van der Waals surface area contributed by atoms with Crippen LogP contribution in [-0.4, -0.2) is 36.1 Å². The highest BCUT2D eigenvalue weighted by Crippen LogP contribution is 2.35. The van der Waals surface area contributed by atoms with Gasteiger partial charge in [-0.15, -0.1) is 0 Å². The molecule has 0 spiro atoms. The minimum Gasteiger partial charge on any atom is -0.479 e. The number of esters is 1. The zero-order chi connectivity index (χ0) is 23.4. The Morgan fingerprint density at radius 3 is 2.69 bits per heavy atom. The lowest BCUT2D eigenvalue weighted by molar-refractivity contribution is -0.145. The van der Waals surface area contributed by atoms with E-state index in [1.807, 2.05) is 0 Å². The lowest BCUT2D eigenvalue weighted by Gasteiger charge is -2.29. The standard InChI is InChI=1S/C21H15BrClFN2O5S/c1-2-30-17(27)10-31-18-13(22)8-11(9-14(18)23)7-12-19(28)25-21(32)26(20(12)29)16-6-4-3-5-15(16)24/h3-9H,2,10H2,1H3,(H,25,28,32)/b12-7+. The van der Waals surface area contributed by atoms with Gasteiger partial charge in [-0.05, 0) is 71.0 Å². The Kier molecular flexibility index (Phi) is 7.60. The lowest BCUT2D eigenvalue weighted by atomic mass is 10.1. The highest BCUT2D eigenvalue weighted by Gasteiger charge is 2.35. The van der Waals surface area contributed by atoms with Crippen molar-refractivity contribution in [3.8, 4) is 5.75 Å². The fourth-order valence-corrected chi connectivity index (χ4v) is 4.07. The van der Waals surface area contributed by atoms with Gasteiger partial charge in [-0.1, -0.05) is 23.7 Å². The lowest BCUT2D eigenvalue weighted by Crippen LogP contribution is -2.54. The largest absolute Gasteiger partial charge is 0.479 e. The number of anilines is 1. The van der Waals surface area contributed by atoms with Gasteiger partial charge in [0.15, 0.2) is 17.5 Å². The van der Waals surface area contributed by atoms with Crippen molar-refractivity contribution in [2.24, 2.45) is 0 Å². The van der Waals surface area contributed by atoms with Crippen LogP contribution in [0.15, 0.2) is 46.4 Å². The van der Waals surface area contributed by atoms with Crippen molar-refractivity contribution >= 4 is 74.4 Å². The van der Waals surface area contributed by atoms with Crippen molar-refractivity contribution in [2.45, 2.75) is 6.92 Å². The van der Waals surface area contributed by atoms with Crippen LogP contribution in [0.2, 0.25) is 5.02 Å². The predicted molar refractivity (Wildman–Crippen MR) is 124 cm³/mol. The van der Waals surface area contributed by atoms with Gasteiger partial charge in [0.1, 0.15) is 11.4 Å². The number of nitrogens with one attached hydrogen (secondary N) is 1. The summed E-state index contributed by atoms with van der Waals surface area (Å²) in [4.78, 5) is 37.8. The second kappa shape index (κ2) is 10.2. The molecule has 1 saturated heterocycles. The number of ether oxygens (including phenoxy) is 2. The molecule has 2 amide bonds. The smallest absolute Gasteiger partial charge is 0.344 e. The van der Waals surface area contributed by atoms with Gasteiger partial charge in [0, 0.05) is 0 Å². The first kappa shape index (κ1) is 23.8. The molecule has 32 heavy (non-hydrogen) atoms. The number of benzene rings is 2. The Morgan fingerprint density at radius 2 is 2.03 bits per heavy atom. The van der Waals surface area contributed by atoms with Crippen LogP contribution in [0.1, 0.15) is 12.5 Å². The topological polar surface area (TPSA) is 84.9 Å². The molecule has 1 N–H and O–H groups in total. The summed E-state index contributed by atoms with van der Waals surface area (Å²) in [6, 6.07) is 8.55. The molecule has 1 fully saturated rings. The third kappa shape index (κ3) is 5.14. The molecule has 1 aliphatic heterocycles. The third-order valence-electron chi connectivity index (χ3n) is 4.17. The number of para-hydroxylation sites is 1. The van der Waals surface area contributed by atoms with Gasteiger partial charge in [-0.25, -0.2) is 14.1 Å². The van der Waals surface area contributed by atoms with Crippen LogP contribution in [0.5, 0.6) is 5.75 Å². The quantitative estimate of drug-likeness (QED) is 0.257. The maximum atomic E-state index is 14.2. The number of hydrogen-bond acceptors (Lipinski definition) is 6. The number of rotatable bonds is 6. The summed E-state index contributed by atoms with van der Waals surface area (Å²) in [6.45, 7) is 1.54.